The fourth-order valence-corrected chi connectivity index (χ4v) is 2.49. The van der Waals surface area contributed by atoms with Gasteiger partial charge in [-0.25, -0.2) is 0 Å². The first kappa shape index (κ1) is 17.0. The Morgan fingerprint density at radius 3 is 1.38 bits per heavy atom. The fourth-order valence-electron chi connectivity index (χ4n) is 2.49. The Morgan fingerprint density at radius 1 is 0.708 bits per heavy atom. The van der Waals surface area contributed by atoms with Crippen molar-refractivity contribution in [2.75, 3.05) is 14.2 Å². The standard InChI is InChI=1S/C18H16N2O4/c1-11-5-13(17(23-9-19)15(7-11)21-3)14-6-12(2)8-16(22-4)18(14)24-10-20/h5-8H,1-4H3. The largest absolute Gasteiger partial charge is 0.493 e. The molecule has 0 fully saturated rings. The molecule has 0 N–H and O–H groups in total. The first-order chi connectivity index (χ1) is 11.5. The molecule has 0 atom stereocenters. The predicted octanol–water partition coefficient (Wildman–Crippen LogP) is 3.71. The second-order valence-electron chi connectivity index (χ2n) is 5.07. The van der Waals surface area contributed by atoms with Gasteiger partial charge in [-0.05, 0) is 49.2 Å². The lowest BCUT2D eigenvalue weighted by atomic mass is 9.98. The average molecular weight is 324 g/mol. The summed E-state index contributed by atoms with van der Waals surface area (Å²) in [7, 11) is 2.98. The van der Waals surface area contributed by atoms with E-state index < -0.39 is 0 Å². The molecule has 0 bridgehead atoms. The monoisotopic (exact) mass is 324 g/mol. The quantitative estimate of drug-likeness (QED) is 0.780. The third-order valence-corrected chi connectivity index (χ3v) is 3.42. The predicted molar refractivity (Wildman–Crippen MR) is 86.9 cm³/mol. The number of methoxy groups -OCH3 is 2. The molecule has 0 amide bonds. The summed E-state index contributed by atoms with van der Waals surface area (Å²) in [4.78, 5) is 0. The van der Waals surface area contributed by atoms with E-state index in [1.54, 1.807) is 24.6 Å². The maximum absolute atomic E-state index is 8.97. The van der Waals surface area contributed by atoms with E-state index in [-0.39, 0.29) is 11.5 Å². The van der Waals surface area contributed by atoms with Gasteiger partial charge in [0.05, 0.1) is 14.2 Å². The Kier molecular flexibility index (Phi) is 5.13. The van der Waals surface area contributed by atoms with Crippen LogP contribution in [0.1, 0.15) is 11.1 Å². The van der Waals surface area contributed by atoms with Crippen LogP contribution in [0.15, 0.2) is 24.3 Å². The van der Waals surface area contributed by atoms with Crippen LogP contribution < -0.4 is 18.9 Å². The molecule has 2 aromatic carbocycles. The van der Waals surface area contributed by atoms with Crippen LogP contribution in [-0.4, -0.2) is 14.2 Å². The Labute approximate surface area is 140 Å². The molecule has 0 saturated heterocycles. The van der Waals surface area contributed by atoms with Crippen LogP contribution in [0, 0.1) is 36.9 Å². The van der Waals surface area contributed by atoms with E-state index in [1.165, 1.54) is 14.2 Å². The summed E-state index contributed by atoms with van der Waals surface area (Å²) in [5.41, 5.74) is 2.94. The van der Waals surface area contributed by atoms with Crippen molar-refractivity contribution >= 4 is 0 Å². The van der Waals surface area contributed by atoms with Gasteiger partial charge in [0.15, 0.2) is 23.0 Å². The normalized spacial score (nSPS) is 9.58. The highest BCUT2D eigenvalue weighted by atomic mass is 16.5. The number of nitriles is 2. The van der Waals surface area contributed by atoms with Gasteiger partial charge in [0.2, 0.25) is 0 Å². The third-order valence-electron chi connectivity index (χ3n) is 3.42. The lowest BCUT2D eigenvalue weighted by Crippen LogP contribution is -1.98. The van der Waals surface area contributed by atoms with Gasteiger partial charge in [0, 0.05) is 11.1 Å². The number of hydrogen-bond acceptors (Lipinski definition) is 6. The lowest BCUT2D eigenvalue weighted by molar-refractivity contribution is 0.381. The van der Waals surface area contributed by atoms with Crippen molar-refractivity contribution in [3.8, 4) is 46.6 Å². The summed E-state index contributed by atoms with van der Waals surface area (Å²) < 4.78 is 20.9. The van der Waals surface area contributed by atoms with Crippen LogP contribution in [-0.2, 0) is 0 Å². The highest BCUT2D eigenvalue weighted by Crippen LogP contribution is 2.46. The van der Waals surface area contributed by atoms with E-state index in [1.807, 2.05) is 26.0 Å². The summed E-state index contributed by atoms with van der Waals surface area (Å²) in [5, 5.41) is 17.9. The summed E-state index contributed by atoms with van der Waals surface area (Å²) >= 11 is 0. The molecular weight excluding hydrogens is 308 g/mol. The zero-order valence-corrected chi connectivity index (χ0v) is 13.8. The Morgan fingerprint density at radius 2 is 1.08 bits per heavy atom. The van der Waals surface area contributed by atoms with Crippen LogP contribution in [0.4, 0.5) is 0 Å². The van der Waals surface area contributed by atoms with Crippen LogP contribution in [0.5, 0.6) is 23.0 Å². The van der Waals surface area contributed by atoms with E-state index >= 15 is 0 Å². The molecule has 0 saturated carbocycles. The maximum atomic E-state index is 8.97. The number of aryl methyl sites for hydroxylation is 2. The number of nitrogens with zero attached hydrogens (tertiary/aromatic N) is 2. The molecule has 0 aliphatic carbocycles. The van der Waals surface area contributed by atoms with E-state index in [4.69, 9.17) is 29.5 Å². The first-order valence-corrected chi connectivity index (χ1v) is 7.05. The van der Waals surface area contributed by atoms with E-state index in [0.29, 0.717) is 22.6 Å². The van der Waals surface area contributed by atoms with Crippen molar-refractivity contribution in [3.05, 3.63) is 35.4 Å². The molecule has 0 radical (unpaired) electrons. The molecule has 0 aliphatic rings. The zero-order chi connectivity index (χ0) is 17.7. The van der Waals surface area contributed by atoms with Crippen LogP contribution >= 0.6 is 0 Å². The minimum absolute atomic E-state index is 0.251. The third kappa shape index (κ3) is 3.18. The lowest BCUT2D eigenvalue weighted by Gasteiger charge is -2.16. The van der Waals surface area contributed by atoms with Crippen molar-refractivity contribution in [1.29, 1.82) is 10.5 Å². The molecule has 0 aliphatic heterocycles. The van der Waals surface area contributed by atoms with E-state index in [2.05, 4.69) is 0 Å². The average Bonchev–Trinajstić information content (AvgIpc) is 2.57. The molecule has 0 unspecified atom stereocenters. The summed E-state index contributed by atoms with van der Waals surface area (Å²) in [6, 6.07) is 7.17. The minimum atomic E-state index is 0.251. The SMILES string of the molecule is COc1cc(C)cc(-c2cc(C)cc(OC)c2OC#N)c1OC#N. The molecule has 24 heavy (non-hydrogen) atoms. The van der Waals surface area contributed by atoms with Gasteiger partial charge < -0.3 is 18.9 Å². The second-order valence-corrected chi connectivity index (χ2v) is 5.07. The molecule has 2 rings (SSSR count). The minimum Gasteiger partial charge on any atom is -0.493 e. The molecule has 2 aromatic rings. The van der Waals surface area contributed by atoms with Crippen molar-refractivity contribution in [3.63, 3.8) is 0 Å². The summed E-state index contributed by atoms with van der Waals surface area (Å²) in [5.74, 6) is 1.33. The van der Waals surface area contributed by atoms with Gasteiger partial charge in [0.1, 0.15) is 0 Å². The molecular formula is C18H16N2O4. The maximum Gasteiger partial charge on any atom is 0.292 e. The molecule has 0 spiro atoms. The van der Waals surface area contributed by atoms with E-state index in [0.717, 1.165) is 11.1 Å². The Balaban J connectivity index is 2.85. The number of rotatable bonds is 5. The van der Waals surface area contributed by atoms with Gasteiger partial charge in [-0.15, -0.1) is 10.5 Å². The van der Waals surface area contributed by atoms with Crippen molar-refractivity contribution in [1.82, 2.24) is 0 Å². The highest BCUT2D eigenvalue weighted by molar-refractivity contribution is 5.82. The number of ether oxygens (including phenoxy) is 4. The van der Waals surface area contributed by atoms with Gasteiger partial charge >= 0.3 is 0 Å². The Hall–Kier alpha value is -3.38. The fraction of sp³-hybridized carbons (Fsp3) is 0.222. The van der Waals surface area contributed by atoms with Crippen molar-refractivity contribution < 1.29 is 18.9 Å². The molecule has 6 nitrogen and oxygen atoms in total. The van der Waals surface area contributed by atoms with Crippen LogP contribution in [0.25, 0.3) is 11.1 Å². The Bertz CT molecular complexity index is 776. The number of hydrogen-bond donors (Lipinski definition) is 0. The van der Waals surface area contributed by atoms with Gasteiger partial charge in [-0.1, -0.05) is 0 Å². The zero-order valence-electron chi connectivity index (χ0n) is 13.8. The van der Waals surface area contributed by atoms with Gasteiger partial charge in [-0.2, -0.15) is 0 Å². The smallest absolute Gasteiger partial charge is 0.292 e. The topological polar surface area (TPSA) is 84.5 Å². The summed E-state index contributed by atoms with van der Waals surface area (Å²) in [6.07, 6.45) is 3.33. The van der Waals surface area contributed by atoms with Gasteiger partial charge in [-0.3, -0.25) is 0 Å². The van der Waals surface area contributed by atoms with E-state index in [9.17, 15) is 0 Å². The molecule has 0 heterocycles. The molecule has 0 aromatic heterocycles. The molecule has 122 valence electrons. The van der Waals surface area contributed by atoms with Gasteiger partial charge in [0.25, 0.3) is 12.5 Å². The number of benzene rings is 2. The van der Waals surface area contributed by atoms with Crippen molar-refractivity contribution in [2.24, 2.45) is 0 Å². The van der Waals surface area contributed by atoms with Crippen LogP contribution in [0.2, 0.25) is 0 Å². The first-order valence-electron chi connectivity index (χ1n) is 7.05. The molecule has 6 heteroatoms. The van der Waals surface area contributed by atoms with Crippen molar-refractivity contribution in [2.45, 2.75) is 13.8 Å². The highest BCUT2D eigenvalue weighted by Gasteiger charge is 2.21. The summed E-state index contributed by atoms with van der Waals surface area (Å²) in [6.45, 7) is 3.78. The van der Waals surface area contributed by atoms with Crippen LogP contribution in [0.3, 0.4) is 0 Å². The second kappa shape index (κ2) is 7.26.